The number of hydrogen-bond donors (Lipinski definition) is 1. The average Bonchev–Trinajstić information content (AvgIpc) is 2.88. The number of carbonyl (C=O) groups excluding carboxylic acids is 1. The van der Waals surface area contributed by atoms with Crippen molar-refractivity contribution in [2.75, 3.05) is 16.2 Å². The first-order valence-electron chi connectivity index (χ1n) is 11.2. The van der Waals surface area contributed by atoms with E-state index in [1.54, 1.807) is 36.4 Å². The van der Waals surface area contributed by atoms with Crippen LogP contribution in [0.5, 0.6) is 5.75 Å². The molecule has 1 amide bonds. The first-order valence-corrected chi connectivity index (χ1v) is 12.7. The number of nitrogens with one attached hydrogen (secondary N) is 1. The monoisotopic (exact) mass is 504 g/mol. The van der Waals surface area contributed by atoms with Gasteiger partial charge in [-0.2, -0.15) is 0 Å². The molecule has 8 heteroatoms. The Morgan fingerprint density at radius 2 is 1.50 bits per heavy atom. The number of nitrogens with zero attached hydrogens (tertiary/aromatic N) is 1. The average molecular weight is 505 g/mol. The van der Waals surface area contributed by atoms with Gasteiger partial charge < -0.3 is 10.1 Å². The van der Waals surface area contributed by atoms with Crippen molar-refractivity contribution < 1.29 is 22.3 Å². The van der Waals surface area contributed by atoms with Crippen LogP contribution in [0.4, 0.5) is 15.8 Å². The molecule has 0 saturated carbocycles. The van der Waals surface area contributed by atoms with Crippen molar-refractivity contribution in [3.05, 3.63) is 120 Å². The highest BCUT2D eigenvalue weighted by atomic mass is 32.2. The third-order valence-electron chi connectivity index (χ3n) is 5.40. The zero-order chi connectivity index (χ0) is 25.5. The molecular formula is C28H25FN2O4S. The van der Waals surface area contributed by atoms with E-state index in [0.717, 1.165) is 27.6 Å². The van der Waals surface area contributed by atoms with E-state index < -0.39 is 28.3 Å². The summed E-state index contributed by atoms with van der Waals surface area (Å²) in [6.45, 7) is 1.77. The third-order valence-corrected chi connectivity index (χ3v) is 7.19. The molecule has 1 N–H and O–H groups in total. The van der Waals surface area contributed by atoms with Crippen LogP contribution in [0.2, 0.25) is 0 Å². The van der Waals surface area contributed by atoms with Gasteiger partial charge in [0.05, 0.1) is 10.6 Å². The van der Waals surface area contributed by atoms with Gasteiger partial charge in [0, 0.05) is 5.69 Å². The van der Waals surface area contributed by atoms with Crippen molar-refractivity contribution >= 4 is 27.3 Å². The van der Waals surface area contributed by atoms with Crippen LogP contribution < -0.4 is 14.4 Å². The number of carbonyl (C=O) groups is 1. The van der Waals surface area contributed by atoms with E-state index in [-0.39, 0.29) is 10.6 Å². The molecular weight excluding hydrogens is 479 g/mol. The summed E-state index contributed by atoms with van der Waals surface area (Å²) in [5.41, 5.74) is 2.59. The van der Waals surface area contributed by atoms with E-state index in [9.17, 15) is 17.6 Å². The molecule has 0 fully saturated rings. The second-order valence-corrected chi connectivity index (χ2v) is 10.0. The molecule has 4 aromatic rings. The van der Waals surface area contributed by atoms with Crippen LogP contribution in [0.25, 0.3) is 0 Å². The summed E-state index contributed by atoms with van der Waals surface area (Å²) in [6, 6.07) is 27.8. The molecule has 36 heavy (non-hydrogen) atoms. The Kier molecular flexibility index (Phi) is 7.65. The molecule has 0 aliphatic carbocycles. The van der Waals surface area contributed by atoms with Gasteiger partial charge >= 0.3 is 0 Å². The molecule has 4 rings (SSSR count). The number of hydrogen-bond acceptors (Lipinski definition) is 4. The zero-order valence-electron chi connectivity index (χ0n) is 19.6. The zero-order valence-corrected chi connectivity index (χ0v) is 20.4. The minimum atomic E-state index is -4.08. The number of aryl methyl sites for hydroxylation is 1. The molecule has 0 aromatic heterocycles. The lowest BCUT2D eigenvalue weighted by atomic mass is 10.2. The number of anilines is 2. The van der Waals surface area contributed by atoms with Gasteiger partial charge in [-0.25, -0.2) is 12.8 Å². The highest BCUT2D eigenvalue weighted by Crippen LogP contribution is 2.25. The minimum absolute atomic E-state index is 0.0325. The molecule has 0 bridgehead atoms. The molecule has 0 aliphatic heterocycles. The number of ether oxygens (including phenoxy) is 1. The SMILES string of the molecule is Cc1ccc(S(=O)(=O)N(CC(=O)Nc2ccc(OCc3ccccc3)cc2)c2ccc(F)cc2)cc1. The lowest BCUT2D eigenvalue weighted by Crippen LogP contribution is -2.38. The van der Waals surface area contributed by atoms with Crippen LogP contribution in [0.1, 0.15) is 11.1 Å². The highest BCUT2D eigenvalue weighted by Gasteiger charge is 2.27. The summed E-state index contributed by atoms with van der Waals surface area (Å²) in [5, 5.41) is 2.71. The van der Waals surface area contributed by atoms with Crippen LogP contribution in [-0.2, 0) is 21.4 Å². The summed E-state index contributed by atoms with van der Waals surface area (Å²) >= 11 is 0. The number of benzene rings is 4. The molecule has 0 saturated heterocycles. The quantitative estimate of drug-likeness (QED) is 0.324. The van der Waals surface area contributed by atoms with Crippen LogP contribution in [0, 0.1) is 12.7 Å². The summed E-state index contributed by atoms with van der Waals surface area (Å²) in [5.74, 6) is -0.426. The molecule has 6 nitrogen and oxygen atoms in total. The molecule has 0 unspecified atom stereocenters. The van der Waals surface area contributed by atoms with Gasteiger partial charge in [0.2, 0.25) is 5.91 Å². The standard InChI is InChI=1S/C28H25FN2O4S/c1-21-7-17-27(18-8-21)36(33,34)31(25-13-9-23(29)10-14-25)19-28(32)30-24-11-15-26(16-12-24)35-20-22-5-3-2-4-6-22/h2-18H,19-20H2,1H3,(H,30,32). The predicted octanol–water partition coefficient (Wildman–Crippen LogP) is 5.55. The Hall–Kier alpha value is -4.17. The normalized spacial score (nSPS) is 11.1. The predicted molar refractivity (Wildman–Crippen MR) is 138 cm³/mol. The summed E-state index contributed by atoms with van der Waals surface area (Å²) in [7, 11) is -4.08. The van der Waals surface area contributed by atoms with E-state index in [1.165, 1.54) is 24.3 Å². The van der Waals surface area contributed by atoms with E-state index in [4.69, 9.17) is 4.74 Å². The van der Waals surface area contributed by atoms with Gasteiger partial charge in [0.15, 0.2) is 0 Å². The molecule has 0 heterocycles. The van der Waals surface area contributed by atoms with Crippen molar-refractivity contribution in [2.45, 2.75) is 18.4 Å². The van der Waals surface area contributed by atoms with Crippen molar-refractivity contribution in [3.63, 3.8) is 0 Å². The first kappa shape index (κ1) is 24.9. The fourth-order valence-electron chi connectivity index (χ4n) is 3.47. The maximum absolute atomic E-state index is 13.5. The Morgan fingerprint density at radius 1 is 0.861 bits per heavy atom. The van der Waals surface area contributed by atoms with E-state index >= 15 is 0 Å². The second kappa shape index (κ2) is 11.0. The molecule has 184 valence electrons. The molecule has 0 atom stereocenters. The summed E-state index contributed by atoms with van der Waals surface area (Å²) in [4.78, 5) is 12.9. The molecule has 4 aromatic carbocycles. The number of rotatable bonds is 9. The van der Waals surface area contributed by atoms with Gasteiger partial charge in [-0.1, -0.05) is 48.0 Å². The Morgan fingerprint density at radius 3 is 2.14 bits per heavy atom. The van der Waals surface area contributed by atoms with Crippen molar-refractivity contribution in [1.82, 2.24) is 0 Å². The van der Waals surface area contributed by atoms with Gasteiger partial charge in [-0.15, -0.1) is 0 Å². The number of halogens is 1. The fraction of sp³-hybridized carbons (Fsp3) is 0.107. The number of sulfonamides is 1. The minimum Gasteiger partial charge on any atom is -0.489 e. The van der Waals surface area contributed by atoms with Gasteiger partial charge in [-0.05, 0) is 73.2 Å². The van der Waals surface area contributed by atoms with Gasteiger partial charge in [0.25, 0.3) is 10.0 Å². The van der Waals surface area contributed by atoms with Crippen LogP contribution >= 0.6 is 0 Å². The molecule has 0 aliphatic rings. The highest BCUT2D eigenvalue weighted by molar-refractivity contribution is 7.92. The Bertz CT molecular complexity index is 1410. The molecule has 0 radical (unpaired) electrons. The maximum atomic E-state index is 13.5. The van der Waals surface area contributed by atoms with Crippen LogP contribution in [0.15, 0.2) is 108 Å². The number of amides is 1. The summed E-state index contributed by atoms with van der Waals surface area (Å²) in [6.07, 6.45) is 0. The van der Waals surface area contributed by atoms with Gasteiger partial charge in [-0.3, -0.25) is 9.10 Å². The van der Waals surface area contributed by atoms with Crippen LogP contribution in [0.3, 0.4) is 0 Å². The van der Waals surface area contributed by atoms with Crippen molar-refractivity contribution in [3.8, 4) is 5.75 Å². The third kappa shape index (κ3) is 6.28. The van der Waals surface area contributed by atoms with Crippen LogP contribution in [-0.4, -0.2) is 20.9 Å². The Balaban J connectivity index is 1.48. The fourth-order valence-corrected chi connectivity index (χ4v) is 4.89. The largest absolute Gasteiger partial charge is 0.489 e. The maximum Gasteiger partial charge on any atom is 0.264 e. The molecule has 0 spiro atoms. The van der Waals surface area contributed by atoms with Crippen molar-refractivity contribution in [2.24, 2.45) is 0 Å². The lowest BCUT2D eigenvalue weighted by Gasteiger charge is -2.24. The van der Waals surface area contributed by atoms with E-state index in [1.807, 2.05) is 37.3 Å². The Labute approximate surface area is 210 Å². The second-order valence-electron chi connectivity index (χ2n) is 8.15. The smallest absolute Gasteiger partial charge is 0.264 e. The van der Waals surface area contributed by atoms with E-state index in [0.29, 0.717) is 18.0 Å². The summed E-state index contributed by atoms with van der Waals surface area (Å²) < 4.78 is 47.0. The first-order chi connectivity index (χ1) is 17.3. The van der Waals surface area contributed by atoms with E-state index in [2.05, 4.69) is 5.32 Å². The van der Waals surface area contributed by atoms with Crippen molar-refractivity contribution in [1.29, 1.82) is 0 Å². The topological polar surface area (TPSA) is 75.7 Å². The van der Waals surface area contributed by atoms with Gasteiger partial charge in [0.1, 0.15) is 24.7 Å². The lowest BCUT2D eigenvalue weighted by molar-refractivity contribution is -0.114.